The van der Waals surface area contributed by atoms with E-state index in [1.807, 2.05) is 13.0 Å². The Balaban J connectivity index is 1.76. The molecule has 0 fully saturated rings. The Bertz CT molecular complexity index is 819. The van der Waals surface area contributed by atoms with Crippen LogP contribution in [0.1, 0.15) is 22.3 Å². The van der Waals surface area contributed by atoms with Gasteiger partial charge in [-0.15, -0.1) is 0 Å². The minimum Gasteiger partial charge on any atom is -0.309 e. The standard InChI is InChI=1S/C16H17BrN2O2S/c1-11-2-5-15(7-16(11)17)22(20,21)19-8-12-3-4-13-9-18-10-14(13)6-12/h2-7,18-19H,8-10H2,1H3. The molecule has 3 rings (SSSR count). The predicted molar refractivity (Wildman–Crippen MR) is 89.9 cm³/mol. The lowest BCUT2D eigenvalue weighted by molar-refractivity contribution is 0.581. The van der Waals surface area contributed by atoms with Crippen molar-refractivity contribution in [1.29, 1.82) is 0 Å². The van der Waals surface area contributed by atoms with Gasteiger partial charge in [-0.2, -0.15) is 0 Å². The number of rotatable bonds is 4. The third kappa shape index (κ3) is 3.25. The predicted octanol–water partition coefficient (Wildman–Crippen LogP) is 2.84. The van der Waals surface area contributed by atoms with E-state index in [0.29, 0.717) is 6.54 Å². The summed E-state index contributed by atoms with van der Waals surface area (Å²) in [5.41, 5.74) is 4.51. The average molecular weight is 381 g/mol. The Kier molecular flexibility index (Phi) is 4.36. The molecule has 1 heterocycles. The molecule has 0 saturated heterocycles. The Hall–Kier alpha value is -1.21. The van der Waals surface area contributed by atoms with Gasteiger partial charge in [-0.1, -0.05) is 40.2 Å². The number of nitrogens with one attached hydrogen (secondary N) is 2. The number of benzene rings is 2. The van der Waals surface area contributed by atoms with Gasteiger partial charge in [0.15, 0.2) is 0 Å². The van der Waals surface area contributed by atoms with Crippen LogP contribution in [0.2, 0.25) is 0 Å². The molecule has 1 aliphatic rings. The fourth-order valence-corrected chi connectivity index (χ4v) is 4.03. The van der Waals surface area contributed by atoms with Crippen molar-refractivity contribution in [3.63, 3.8) is 0 Å². The minimum absolute atomic E-state index is 0.271. The molecule has 1 aliphatic heterocycles. The molecule has 0 saturated carbocycles. The first-order valence-electron chi connectivity index (χ1n) is 7.03. The van der Waals surface area contributed by atoms with Gasteiger partial charge in [0.2, 0.25) is 10.0 Å². The Morgan fingerprint density at radius 3 is 2.68 bits per heavy atom. The van der Waals surface area contributed by atoms with Gasteiger partial charge in [0.05, 0.1) is 4.90 Å². The monoisotopic (exact) mass is 380 g/mol. The van der Waals surface area contributed by atoms with Crippen molar-refractivity contribution in [3.8, 4) is 0 Å². The van der Waals surface area contributed by atoms with E-state index in [-0.39, 0.29) is 4.90 Å². The van der Waals surface area contributed by atoms with Gasteiger partial charge in [0, 0.05) is 24.1 Å². The van der Waals surface area contributed by atoms with Crippen molar-refractivity contribution in [2.45, 2.75) is 31.5 Å². The van der Waals surface area contributed by atoms with Crippen LogP contribution in [-0.4, -0.2) is 8.42 Å². The average Bonchev–Trinajstić information content (AvgIpc) is 2.95. The number of hydrogen-bond acceptors (Lipinski definition) is 3. The molecule has 116 valence electrons. The summed E-state index contributed by atoms with van der Waals surface area (Å²) < 4.78 is 28.2. The van der Waals surface area contributed by atoms with Crippen molar-refractivity contribution < 1.29 is 8.42 Å². The Labute approximate surface area is 139 Å². The van der Waals surface area contributed by atoms with E-state index in [1.54, 1.807) is 18.2 Å². The summed E-state index contributed by atoms with van der Waals surface area (Å²) in [6.07, 6.45) is 0. The zero-order chi connectivity index (χ0) is 15.7. The van der Waals surface area contributed by atoms with E-state index in [1.165, 1.54) is 11.1 Å². The lowest BCUT2D eigenvalue weighted by atomic mass is 10.1. The van der Waals surface area contributed by atoms with E-state index < -0.39 is 10.0 Å². The molecule has 0 bridgehead atoms. The minimum atomic E-state index is -3.51. The van der Waals surface area contributed by atoms with Crippen LogP contribution in [0.4, 0.5) is 0 Å². The molecular formula is C16H17BrN2O2S. The topological polar surface area (TPSA) is 58.2 Å². The summed E-state index contributed by atoms with van der Waals surface area (Å²) in [6.45, 7) is 3.95. The molecular weight excluding hydrogens is 364 g/mol. The summed E-state index contributed by atoms with van der Waals surface area (Å²) in [4.78, 5) is 0.271. The van der Waals surface area contributed by atoms with Crippen LogP contribution in [0.15, 0.2) is 45.8 Å². The highest BCUT2D eigenvalue weighted by atomic mass is 79.9. The smallest absolute Gasteiger partial charge is 0.240 e. The SMILES string of the molecule is Cc1ccc(S(=O)(=O)NCc2ccc3c(c2)CNC3)cc1Br. The number of aryl methyl sites for hydroxylation is 1. The molecule has 2 aromatic rings. The second-order valence-electron chi connectivity index (χ2n) is 5.44. The fourth-order valence-electron chi connectivity index (χ4n) is 2.46. The van der Waals surface area contributed by atoms with E-state index in [9.17, 15) is 8.42 Å². The van der Waals surface area contributed by atoms with Gasteiger partial charge in [-0.05, 0) is 41.3 Å². The van der Waals surface area contributed by atoms with Crippen LogP contribution in [-0.2, 0) is 29.7 Å². The van der Waals surface area contributed by atoms with Crippen LogP contribution in [0.5, 0.6) is 0 Å². The van der Waals surface area contributed by atoms with Crippen LogP contribution >= 0.6 is 15.9 Å². The zero-order valence-corrected chi connectivity index (χ0v) is 14.6. The van der Waals surface area contributed by atoms with Crippen molar-refractivity contribution >= 4 is 26.0 Å². The largest absolute Gasteiger partial charge is 0.309 e. The van der Waals surface area contributed by atoms with Gasteiger partial charge in [0.25, 0.3) is 0 Å². The fraction of sp³-hybridized carbons (Fsp3) is 0.250. The Morgan fingerprint density at radius 2 is 1.91 bits per heavy atom. The molecule has 0 atom stereocenters. The summed E-state index contributed by atoms with van der Waals surface area (Å²) in [5, 5.41) is 3.28. The number of hydrogen-bond donors (Lipinski definition) is 2. The second kappa shape index (κ2) is 6.12. The molecule has 4 nitrogen and oxygen atoms in total. The van der Waals surface area contributed by atoms with E-state index in [2.05, 4.69) is 38.1 Å². The molecule has 6 heteroatoms. The Morgan fingerprint density at radius 1 is 1.14 bits per heavy atom. The van der Waals surface area contributed by atoms with Crippen LogP contribution in [0, 0.1) is 6.92 Å². The normalized spacial score (nSPS) is 14.1. The first-order valence-corrected chi connectivity index (χ1v) is 9.30. The highest BCUT2D eigenvalue weighted by molar-refractivity contribution is 9.10. The first-order chi connectivity index (χ1) is 10.5. The van der Waals surface area contributed by atoms with Crippen molar-refractivity contribution in [3.05, 3.63) is 63.1 Å². The van der Waals surface area contributed by atoms with E-state index >= 15 is 0 Å². The van der Waals surface area contributed by atoms with Crippen LogP contribution in [0.3, 0.4) is 0 Å². The lowest BCUT2D eigenvalue weighted by Gasteiger charge is -2.09. The molecule has 2 N–H and O–H groups in total. The summed E-state index contributed by atoms with van der Waals surface area (Å²) in [6, 6.07) is 11.1. The van der Waals surface area contributed by atoms with Crippen molar-refractivity contribution in [2.75, 3.05) is 0 Å². The van der Waals surface area contributed by atoms with Crippen molar-refractivity contribution in [1.82, 2.24) is 10.0 Å². The van der Waals surface area contributed by atoms with Crippen LogP contribution in [0.25, 0.3) is 0 Å². The van der Waals surface area contributed by atoms with Crippen molar-refractivity contribution in [2.24, 2.45) is 0 Å². The zero-order valence-electron chi connectivity index (χ0n) is 12.2. The number of halogens is 1. The summed E-state index contributed by atoms with van der Waals surface area (Å²) in [5.74, 6) is 0. The van der Waals surface area contributed by atoms with Gasteiger partial charge < -0.3 is 5.32 Å². The van der Waals surface area contributed by atoms with Gasteiger partial charge in [0.1, 0.15) is 0 Å². The molecule has 0 amide bonds. The number of sulfonamides is 1. The highest BCUT2D eigenvalue weighted by Crippen LogP contribution is 2.21. The summed E-state index contributed by atoms with van der Waals surface area (Å²) >= 11 is 3.37. The maximum atomic E-state index is 12.4. The molecule has 22 heavy (non-hydrogen) atoms. The molecule has 0 aromatic heterocycles. The maximum absolute atomic E-state index is 12.4. The molecule has 0 aliphatic carbocycles. The number of fused-ring (bicyclic) bond motifs is 1. The summed E-state index contributed by atoms with van der Waals surface area (Å²) in [7, 11) is -3.51. The first kappa shape index (κ1) is 15.7. The quantitative estimate of drug-likeness (QED) is 0.857. The molecule has 0 radical (unpaired) electrons. The third-order valence-corrected chi connectivity index (χ3v) is 6.07. The lowest BCUT2D eigenvalue weighted by Crippen LogP contribution is -2.23. The van der Waals surface area contributed by atoms with Gasteiger partial charge in [-0.25, -0.2) is 13.1 Å². The third-order valence-electron chi connectivity index (χ3n) is 3.82. The maximum Gasteiger partial charge on any atom is 0.240 e. The van der Waals surface area contributed by atoms with Crippen LogP contribution < -0.4 is 10.0 Å². The van der Waals surface area contributed by atoms with Gasteiger partial charge >= 0.3 is 0 Å². The van der Waals surface area contributed by atoms with E-state index in [0.717, 1.165) is 28.7 Å². The van der Waals surface area contributed by atoms with Gasteiger partial charge in [-0.3, -0.25) is 0 Å². The second-order valence-corrected chi connectivity index (χ2v) is 8.06. The molecule has 0 unspecified atom stereocenters. The highest BCUT2D eigenvalue weighted by Gasteiger charge is 2.16. The van der Waals surface area contributed by atoms with E-state index in [4.69, 9.17) is 0 Å². The molecule has 0 spiro atoms. The molecule has 2 aromatic carbocycles.